The first-order valence-electron chi connectivity index (χ1n) is 13.9. The first-order chi connectivity index (χ1) is 19.3. The van der Waals surface area contributed by atoms with Crippen molar-refractivity contribution in [3.63, 3.8) is 0 Å². The molecule has 40 heavy (non-hydrogen) atoms. The molecular formula is C36H34N3O+. The van der Waals surface area contributed by atoms with Crippen LogP contribution in [-0.2, 0) is 7.05 Å². The molecule has 0 spiro atoms. The van der Waals surface area contributed by atoms with E-state index in [-0.39, 0.29) is 0 Å². The van der Waals surface area contributed by atoms with Gasteiger partial charge < -0.3 is 4.42 Å². The van der Waals surface area contributed by atoms with Gasteiger partial charge in [-0.05, 0) is 77.9 Å². The minimum absolute atomic E-state index is 0.294. The molecular weight excluding hydrogens is 490 g/mol. The third-order valence-corrected chi connectivity index (χ3v) is 8.00. The van der Waals surface area contributed by atoms with Gasteiger partial charge in [0.1, 0.15) is 11.3 Å². The molecule has 2 heterocycles. The number of furan rings is 1. The summed E-state index contributed by atoms with van der Waals surface area (Å²) in [6, 6.07) is 27.8. The molecule has 0 aliphatic heterocycles. The molecule has 198 valence electrons. The molecule has 0 fully saturated rings. The predicted octanol–water partition coefficient (Wildman–Crippen LogP) is 9.64. The van der Waals surface area contributed by atoms with E-state index in [1.54, 1.807) is 6.26 Å². The lowest BCUT2D eigenvalue weighted by Gasteiger charge is -2.21. The van der Waals surface area contributed by atoms with Crippen LogP contribution in [0.3, 0.4) is 0 Å². The Morgan fingerprint density at radius 2 is 1.52 bits per heavy atom. The number of hydrogen-bond donors (Lipinski definition) is 0. The molecule has 4 aromatic carbocycles. The number of aromatic nitrogens is 2. The van der Waals surface area contributed by atoms with Gasteiger partial charge in [0, 0.05) is 16.5 Å². The molecule has 0 unspecified atom stereocenters. The molecule has 0 bridgehead atoms. The molecule has 0 atom stereocenters. The normalized spacial score (nSPS) is 11.7. The Kier molecular flexibility index (Phi) is 6.31. The maximum atomic E-state index is 7.67. The predicted molar refractivity (Wildman–Crippen MR) is 164 cm³/mol. The lowest BCUT2D eigenvalue weighted by Crippen LogP contribution is -2.36. The van der Waals surface area contributed by atoms with Crippen LogP contribution in [0.1, 0.15) is 56.2 Å². The van der Waals surface area contributed by atoms with Crippen LogP contribution in [0.2, 0.25) is 0 Å². The molecule has 4 heteroatoms. The van der Waals surface area contributed by atoms with Crippen molar-refractivity contribution in [2.45, 2.75) is 46.5 Å². The van der Waals surface area contributed by atoms with Gasteiger partial charge in [-0.2, -0.15) is 4.57 Å². The summed E-state index contributed by atoms with van der Waals surface area (Å²) < 4.78 is 10.5. The summed E-state index contributed by atoms with van der Waals surface area (Å²) in [4.78, 5) is 3.75. The largest absolute Gasteiger partial charge is 0.464 e. The van der Waals surface area contributed by atoms with Gasteiger partial charge in [-0.15, -0.1) is 0 Å². The molecule has 0 aliphatic carbocycles. The van der Waals surface area contributed by atoms with E-state index < -0.39 is 0 Å². The van der Waals surface area contributed by atoms with Crippen LogP contribution in [0, 0.1) is 13.5 Å². The Hall–Kier alpha value is -4.62. The highest BCUT2D eigenvalue weighted by atomic mass is 16.3. The number of aryl methyl sites for hydroxylation is 2. The van der Waals surface area contributed by atoms with Crippen LogP contribution in [0.25, 0.3) is 55.0 Å². The Labute approximate surface area is 235 Å². The second kappa shape index (κ2) is 9.84. The van der Waals surface area contributed by atoms with Gasteiger partial charge in [0.2, 0.25) is 0 Å². The van der Waals surface area contributed by atoms with Crippen molar-refractivity contribution in [3.05, 3.63) is 113 Å². The monoisotopic (exact) mass is 524 g/mol. The zero-order valence-corrected chi connectivity index (χ0v) is 24.0. The van der Waals surface area contributed by atoms with E-state index in [0.29, 0.717) is 17.5 Å². The van der Waals surface area contributed by atoms with E-state index in [4.69, 9.17) is 11.0 Å². The van der Waals surface area contributed by atoms with Gasteiger partial charge in [0.15, 0.2) is 16.7 Å². The molecule has 0 radical (unpaired) electrons. The zero-order valence-electron chi connectivity index (χ0n) is 24.0. The standard InChI is InChI=1S/C36H34N3O/c1-22(2)29-18-27(25-11-9-8-10-12-25)19-30(23(3)4)35(29)39-32-14-13-28(37-6)20-33(32)38(7)36(39)31-21-34-26(15-16-40-34)17-24(31)5/h8-23H,1-5,7H3/q+1. The Morgan fingerprint density at radius 3 is 2.17 bits per heavy atom. The van der Waals surface area contributed by atoms with Crippen LogP contribution >= 0.6 is 0 Å². The third kappa shape index (κ3) is 4.10. The molecule has 2 aromatic heterocycles. The van der Waals surface area contributed by atoms with Crippen LogP contribution in [-0.4, -0.2) is 4.57 Å². The van der Waals surface area contributed by atoms with Crippen molar-refractivity contribution in [1.29, 1.82) is 0 Å². The fourth-order valence-electron chi connectivity index (χ4n) is 5.92. The lowest BCUT2D eigenvalue weighted by atomic mass is 9.88. The first-order valence-corrected chi connectivity index (χ1v) is 13.9. The highest BCUT2D eigenvalue weighted by molar-refractivity contribution is 5.86. The van der Waals surface area contributed by atoms with Gasteiger partial charge in [-0.25, -0.2) is 9.41 Å². The van der Waals surface area contributed by atoms with Gasteiger partial charge in [0.05, 0.1) is 25.4 Å². The molecule has 0 N–H and O–H groups in total. The fraction of sp³-hybridized carbons (Fsp3) is 0.222. The van der Waals surface area contributed by atoms with E-state index in [1.807, 2.05) is 18.2 Å². The van der Waals surface area contributed by atoms with E-state index in [0.717, 1.165) is 33.4 Å². The molecule has 4 nitrogen and oxygen atoms in total. The second-order valence-electron chi connectivity index (χ2n) is 11.3. The van der Waals surface area contributed by atoms with E-state index >= 15 is 0 Å². The summed E-state index contributed by atoms with van der Waals surface area (Å²) in [6.45, 7) is 18.9. The molecule has 6 rings (SSSR count). The van der Waals surface area contributed by atoms with Crippen molar-refractivity contribution < 1.29 is 8.98 Å². The summed E-state index contributed by atoms with van der Waals surface area (Å²) in [5, 5.41) is 1.10. The van der Waals surface area contributed by atoms with Crippen molar-refractivity contribution in [3.8, 4) is 28.2 Å². The van der Waals surface area contributed by atoms with Crippen molar-refractivity contribution in [2.75, 3.05) is 0 Å². The van der Waals surface area contributed by atoms with Crippen LogP contribution in [0.4, 0.5) is 5.69 Å². The van der Waals surface area contributed by atoms with Gasteiger partial charge in [0.25, 0.3) is 5.82 Å². The summed E-state index contributed by atoms with van der Waals surface area (Å²) in [6.07, 6.45) is 1.75. The average molecular weight is 525 g/mol. The molecule has 0 saturated carbocycles. The quantitative estimate of drug-likeness (QED) is 0.163. The summed E-state index contributed by atoms with van der Waals surface area (Å²) in [5.41, 5.74) is 12.2. The van der Waals surface area contributed by atoms with Gasteiger partial charge in [-0.1, -0.05) is 64.1 Å². The number of imidazole rings is 1. The lowest BCUT2D eigenvalue weighted by molar-refractivity contribution is -0.557. The maximum Gasteiger partial charge on any atom is 0.295 e. The maximum absolute atomic E-state index is 7.67. The third-order valence-electron chi connectivity index (χ3n) is 8.00. The second-order valence-corrected chi connectivity index (χ2v) is 11.3. The van der Waals surface area contributed by atoms with Gasteiger partial charge >= 0.3 is 0 Å². The van der Waals surface area contributed by atoms with Gasteiger partial charge in [-0.3, -0.25) is 0 Å². The Morgan fingerprint density at radius 1 is 0.825 bits per heavy atom. The van der Waals surface area contributed by atoms with Crippen LogP contribution in [0.5, 0.6) is 0 Å². The highest BCUT2D eigenvalue weighted by Crippen LogP contribution is 2.38. The first kappa shape index (κ1) is 25.6. The van der Waals surface area contributed by atoms with Crippen LogP contribution < -0.4 is 4.57 Å². The Bertz CT molecular complexity index is 1900. The summed E-state index contributed by atoms with van der Waals surface area (Å²) in [7, 11) is 2.11. The van der Waals surface area contributed by atoms with E-state index in [9.17, 15) is 0 Å². The van der Waals surface area contributed by atoms with Crippen molar-refractivity contribution >= 4 is 27.7 Å². The minimum atomic E-state index is 0.294. The molecule has 6 aromatic rings. The topological polar surface area (TPSA) is 26.3 Å². The fourth-order valence-corrected chi connectivity index (χ4v) is 5.92. The number of fused-ring (bicyclic) bond motifs is 2. The minimum Gasteiger partial charge on any atom is -0.464 e. The molecule has 0 aliphatic rings. The van der Waals surface area contributed by atoms with Crippen molar-refractivity contribution in [2.24, 2.45) is 7.05 Å². The molecule has 0 amide bonds. The SMILES string of the molecule is [C-]#[N+]c1ccc2c(c1)n(C)c(-c1cc3occc3cc1C)[n+]2-c1c(C(C)C)cc(-c2ccccc2)cc1C(C)C. The van der Waals surface area contributed by atoms with E-state index in [1.165, 1.54) is 33.5 Å². The number of benzene rings is 4. The Balaban J connectivity index is 1.78. The smallest absolute Gasteiger partial charge is 0.295 e. The average Bonchev–Trinajstić information content (AvgIpc) is 3.53. The highest BCUT2D eigenvalue weighted by Gasteiger charge is 2.32. The van der Waals surface area contributed by atoms with E-state index in [2.05, 4.69) is 116 Å². The summed E-state index contributed by atoms with van der Waals surface area (Å²) >= 11 is 0. The zero-order chi connectivity index (χ0) is 28.1. The van der Waals surface area contributed by atoms with Crippen LogP contribution in [0.15, 0.2) is 89.5 Å². The molecule has 0 saturated heterocycles. The number of rotatable bonds is 5. The summed E-state index contributed by atoms with van der Waals surface area (Å²) in [5.74, 6) is 1.66. The van der Waals surface area contributed by atoms with Crippen molar-refractivity contribution in [1.82, 2.24) is 4.57 Å². The number of nitrogens with zero attached hydrogens (tertiary/aromatic N) is 3. The number of hydrogen-bond acceptors (Lipinski definition) is 1.